The Labute approximate surface area is 331 Å². The lowest BCUT2D eigenvalue weighted by molar-refractivity contribution is -0.272. The van der Waals surface area contributed by atoms with Gasteiger partial charge in [-0.1, -0.05) is 19.1 Å². The molecule has 3 aliphatic carbocycles. The molecule has 14 heteroatoms. The molecule has 2 aliphatic heterocycles. The number of fused-ring (bicyclic) bond motifs is 5. The van der Waals surface area contributed by atoms with Gasteiger partial charge in [0.2, 0.25) is 12.2 Å². The smallest absolute Gasteiger partial charge is 0.433 e. The Bertz CT molecular complexity index is 1830. The maximum absolute atomic E-state index is 13.3. The van der Waals surface area contributed by atoms with Crippen LogP contribution in [0.5, 0.6) is 17.4 Å². The topological polar surface area (TPSA) is 137 Å². The van der Waals surface area contributed by atoms with E-state index in [0.29, 0.717) is 30.1 Å². The Hall–Kier alpha value is -3.66. The molecule has 3 aromatic rings. The number of pyridine rings is 1. The second-order valence-corrected chi connectivity index (χ2v) is 16.7. The molecule has 0 amide bonds. The molecule has 0 spiro atoms. The fraction of sp³-hybridized carbons (Fsp3) is 0.605. The summed E-state index contributed by atoms with van der Waals surface area (Å²) in [7, 11) is 0. The Kier molecular flexibility index (Phi) is 11.6. The first-order valence-electron chi connectivity index (χ1n) is 20.4. The second kappa shape index (κ2) is 16.5. The van der Waals surface area contributed by atoms with E-state index in [1.54, 1.807) is 12.1 Å². The molecule has 0 radical (unpaired) electrons. The van der Waals surface area contributed by atoms with Gasteiger partial charge in [0.1, 0.15) is 35.5 Å². The largest absolute Gasteiger partial charge is 0.494 e. The monoisotopic (exact) mass is 797 g/mol. The molecule has 57 heavy (non-hydrogen) atoms. The van der Waals surface area contributed by atoms with Crippen molar-refractivity contribution in [3.8, 4) is 17.4 Å². The summed E-state index contributed by atoms with van der Waals surface area (Å²) in [5.41, 5.74) is 2.85. The van der Waals surface area contributed by atoms with E-state index in [4.69, 9.17) is 18.9 Å². The highest BCUT2D eigenvalue weighted by Crippen LogP contribution is 2.61. The summed E-state index contributed by atoms with van der Waals surface area (Å²) in [5, 5.41) is 41.7. The summed E-state index contributed by atoms with van der Waals surface area (Å²) >= 11 is 0. The maximum Gasteiger partial charge on any atom is 0.433 e. The van der Waals surface area contributed by atoms with E-state index in [0.717, 1.165) is 88.4 Å². The minimum atomic E-state index is -4.71. The molecule has 5 aliphatic rings. The molecule has 1 aromatic heterocycles. The zero-order valence-corrected chi connectivity index (χ0v) is 32.3. The van der Waals surface area contributed by atoms with Crippen LogP contribution in [0.25, 0.3) is 0 Å². The van der Waals surface area contributed by atoms with E-state index in [1.807, 2.05) is 12.1 Å². The van der Waals surface area contributed by atoms with Crippen LogP contribution >= 0.6 is 0 Å². The summed E-state index contributed by atoms with van der Waals surface area (Å²) in [6.07, 6.45) is -4.53. The summed E-state index contributed by atoms with van der Waals surface area (Å²) in [6, 6.07) is 17.1. The molecule has 4 fully saturated rings. The number of aryl methyl sites for hydroxylation is 1. The minimum absolute atomic E-state index is 0.0964. The van der Waals surface area contributed by atoms with Gasteiger partial charge in [-0.2, -0.15) is 13.2 Å². The zero-order valence-electron chi connectivity index (χ0n) is 32.3. The minimum Gasteiger partial charge on any atom is -0.494 e. The highest BCUT2D eigenvalue weighted by Gasteiger charge is 2.54. The van der Waals surface area contributed by atoms with Gasteiger partial charge in [0.05, 0.1) is 19.3 Å². The SMILES string of the molecule is C[C@]12CC[C@@H]3c4ccc(OCCCN5CCN(c6ccc(O[C@H]7O[C@H](CO)[C@H](O)[C@H](O)[C@H]7Oc7cccc(C(F)(F)F)n7)cc6)CC5)cc4CC[C@H]3[C@@H]1CC[C@@H]2O. The number of aromatic nitrogens is 1. The van der Waals surface area contributed by atoms with Gasteiger partial charge in [0, 0.05) is 44.5 Å². The van der Waals surface area contributed by atoms with Crippen LogP contribution in [-0.2, 0) is 17.3 Å². The number of piperazine rings is 1. The van der Waals surface area contributed by atoms with Crippen molar-refractivity contribution in [3.05, 3.63) is 77.5 Å². The van der Waals surface area contributed by atoms with Gasteiger partial charge in [-0.05, 0) is 122 Å². The van der Waals surface area contributed by atoms with E-state index in [-0.39, 0.29) is 11.5 Å². The molecule has 8 rings (SSSR count). The van der Waals surface area contributed by atoms with Crippen LogP contribution in [0.15, 0.2) is 60.7 Å². The number of hydrogen-bond donors (Lipinski definition) is 4. The number of alkyl halides is 3. The number of halogens is 3. The number of aliphatic hydroxyl groups is 4. The standard InChI is InChI=1S/C43H54F3N3O8/c1-42-17-16-31-30-13-11-29(24-26(30)6-12-32(31)33(42)14-15-36(42)51)54-23-3-18-48-19-21-49(22-20-48)27-7-9-28(10-8-27)55-41-40(39(53)38(52)34(25-50)56-41)57-37-5-2-4-35(47-37)43(44,45)46/h2,4-5,7-11,13,24,31-34,36,38-41,50-53H,3,6,12,14-23,25H2,1H3/t31-,32-,33+,34-,36+,38+,39+,40-,41+,42+/m1/s1. The van der Waals surface area contributed by atoms with Crippen LogP contribution in [0.3, 0.4) is 0 Å². The van der Waals surface area contributed by atoms with Crippen LogP contribution in [0, 0.1) is 17.3 Å². The van der Waals surface area contributed by atoms with Gasteiger partial charge in [0.15, 0.2) is 6.10 Å². The number of rotatable bonds is 11. The average Bonchev–Trinajstić information content (AvgIpc) is 3.52. The normalized spacial score (nSPS) is 32.9. The molecule has 0 bridgehead atoms. The van der Waals surface area contributed by atoms with Gasteiger partial charge in [0.25, 0.3) is 0 Å². The van der Waals surface area contributed by atoms with Gasteiger partial charge >= 0.3 is 6.18 Å². The lowest BCUT2D eigenvalue weighted by Crippen LogP contribution is -2.62. The highest BCUT2D eigenvalue weighted by atomic mass is 19.4. The third-order valence-electron chi connectivity index (χ3n) is 13.5. The molecule has 2 saturated carbocycles. The van der Waals surface area contributed by atoms with Crippen molar-refractivity contribution >= 4 is 5.69 Å². The fourth-order valence-electron chi connectivity index (χ4n) is 10.3. The van der Waals surface area contributed by atoms with E-state index < -0.39 is 55.1 Å². The maximum atomic E-state index is 13.3. The van der Waals surface area contributed by atoms with Crippen LogP contribution < -0.4 is 19.1 Å². The highest BCUT2D eigenvalue weighted by molar-refractivity contribution is 5.49. The van der Waals surface area contributed by atoms with Crippen molar-refractivity contribution in [1.82, 2.24) is 9.88 Å². The second-order valence-electron chi connectivity index (χ2n) is 16.7. The first kappa shape index (κ1) is 40.1. The summed E-state index contributed by atoms with van der Waals surface area (Å²) in [4.78, 5) is 8.21. The molecule has 0 unspecified atom stereocenters. The van der Waals surface area contributed by atoms with Crippen LogP contribution in [0.1, 0.15) is 68.2 Å². The van der Waals surface area contributed by atoms with Crippen molar-refractivity contribution in [2.24, 2.45) is 17.3 Å². The number of anilines is 1. The van der Waals surface area contributed by atoms with Gasteiger partial charge < -0.3 is 44.3 Å². The first-order chi connectivity index (χ1) is 27.4. The van der Waals surface area contributed by atoms with Crippen LogP contribution in [-0.4, -0.2) is 113 Å². The van der Waals surface area contributed by atoms with Crippen molar-refractivity contribution in [1.29, 1.82) is 0 Å². The summed E-state index contributed by atoms with van der Waals surface area (Å²) in [5.74, 6) is 2.78. The lowest BCUT2D eigenvalue weighted by Gasteiger charge is -2.50. The molecule has 3 heterocycles. The molecule has 10 atom stereocenters. The molecule has 310 valence electrons. The zero-order chi connectivity index (χ0) is 39.9. The van der Waals surface area contributed by atoms with E-state index >= 15 is 0 Å². The first-order valence-corrected chi connectivity index (χ1v) is 20.4. The number of aliphatic hydroxyl groups excluding tert-OH is 4. The number of nitrogens with zero attached hydrogens (tertiary/aromatic N) is 3. The van der Waals surface area contributed by atoms with Crippen molar-refractivity contribution in [3.63, 3.8) is 0 Å². The van der Waals surface area contributed by atoms with Gasteiger partial charge in [-0.25, -0.2) is 4.98 Å². The van der Waals surface area contributed by atoms with Crippen LogP contribution in [0.2, 0.25) is 0 Å². The van der Waals surface area contributed by atoms with E-state index in [2.05, 4.69) is 39.9 Å². The number of benzene rings is 2. The van der Waals surface area contributed by atoms with Crippen molar-refractivity contribution < 1.29 is 52.5 Å². The number of ether oxygens (including phenoxy) is 4. The van der Waals surface area contributed by atoms with E-state index in [9.17, 15) is 33.6 Å². The molecule has 2 aromatic carbocycles. The molecular formula is C43H54F3N3O8. The Morgan fingerprint density at radius 1 is 0.895 bits per heavy atom. The predicted octanol–water partition coefficient (Wildman–Crippen LogP) is 5.17. The van der Waals surface area contributed by atoms with Crippen LogP contribution in [0.4, 0.5) is 18.9 Å². The Morgan fingerprint density at radius 3 is 2.42 bits per heavy atom. The molecule has 4 N–H and O–H groups in total. The summed E-state index contributed by atoms with van der Waals surface area (Å²) in [6.45, 7) is 6.77. The van der Waals surface area contributed by atoms with Crippen molar-refractivity contribution in [2.45, 2.75) is 101 Å². The lowest BCUT2D eigenvalue weighted by atomic mass is 9.55. The average molecular weight is 798 g/mol. The Morgan fingerprint density at radius 2 is 1.67 bits per heavy atom. The quantitative estimate of drug-likeness (QED) is 0.191. The number of hydrogen-bond acceptors (Lipinski definition) is 11. The fourth-order valence-corrected chi connectivity index (χ4v) is 10.3. The van der Waals surface area contributed by atoms with Gasteiger partial charge in [-0.15, -0.1) is 0 Å². The van der Waals surface area contributed by atoms with E-state index in [1.165, 1.54) is 30.0 Å². The molecular weight excluding hydrogens is 743 g/mol. The predicted molar refractivity (Wildman–Crippen MR) is 204 cm³/mol. The summed E-state index contributed by atoms with van der Waals surface area (Å²) < 4.78 is 63.3. The third-order valence-corrected chi connectivity index (χ3v) is 13.5. The molecule has 11 nitrogen and oxygen atoms in total. The van der Waals surface area contributed by atoms with Crippen molar-refractivity contribution in [2.75, 3.05) is 50.8 Å². The van der Waals surface area contributed by atoms with Gasteiger partial charge in [-0.3, -0.25) is 4.90 Å². The Balaban J connectivity index is 0.797. The third kappa shape index (κ3) is 8.31. The molecule has 2 saturated heterocycles.